The number of amides is 1. The van der Waals surface area contributed by atoms with E-state index in [0.29, 0.717) is 36.8 Å². The van der Waals surface area contributed by atoms with Gasteiger partial charge in [0.25, 0.3) is 5.56 Å². The zero-order valence-electron chi connectivity index (χ0n) is 21.2. The lowest BCUT2D eigenvalue weighted by atomic mass is 10.1. The molecule has 36 heavy (non-hydrogen) atoms. The molecule has 0 aliphatic rings. The smallest absolute Gasteiger partial charge is 0.330 e. The maximum absolute atomic E-state index is 13.4. The number of aryl methyl sites for hydroxylation is 1. The summed E-state index contributed by atoms with van der Waals surface area (Å²) in [6.07, 6.45) is 1.24. The molecule has 0 aliphatic carbocycles. The molecule has 3 rings (SSSR count). The Morgan fingerprint density at radius 2 is 1.72 bits per heavy atom. The zero-order valence-corrected chi connectivity index (χ0v) is 21.2. The molecule has 3 aromatic rings. The number of carbonyl (C=O) groups excluding carboxylic acids is 1. The Morgan fingerprint density at radius 3 is 2.36 bits per heavy atom. The number of aromatic amines is 1. The van der Waals surface area contributed by atoms with Gasteiger partial charge in [-0.05, 0) is 42.0 Å². The van der Waals surface area contributed by atoms with Gasteiger partial charge in [0.05, 0.1) is 20.8 Å². The third kappa shape index (κ3) is 6.35. The molecule has 9 nitrogen and oxygen atoms in total. The number of methoxy groups -OCH3 is 2. The Balaban J connectivity index is 1.93. The van der Waals surface area contributed by atoms with Crippen molar-refractivity contribution in [3.63, 3.8) is 0 Å². The molecule has 192 valence electrons. The number of carbonyl (C=O) groups is 1. The molecular weight excluding hydrogens is 460 g/mol. The third-order valence-corrected chi connectivity index (χ3v) is 5.97. The maximum atomic E-state index is 13.4. The first-order chi connectivity index (χ1) is 17.2. The maximum Gasteiger partial charge on any atom is 0.330 e. The van der Waals surface area contributed by atoms with Crippen molar-refractivity contribution in [2.24, 2.45) is 5.92 Å². The van der Waals surface area contributed by atoms with Crippen LogP contribution in [-0.2, 0) is 17.8 Å². The van der Waals surface area contributed by atoms with E-state index < -0.39 is 11.2 Å². The number of nitrogens with zero attached hydrogens (tertiary/aromatic N) is 2. The second-order valence-corrected chi connectivity index (χ2v) is 8.98. The van der Waals surface area contributed by atoms with Crippen molar-refractivity contribution in [3.05, 3.63) is 80.5 Å². The Hall–Kier alpha value is -4.01. The van der Waals surface area contributed by atoms with Crippen LogP contribution < -0.4 is 31.4 Å². The summed E-state index contributed by atoms with van der Waals surface area (Å²) >= 11 is 0. The number of hydrogen-bond donors (Lipinski definition) is 2. The molecule has 0 radical (unpaired) electrons. The predicted octanol–water partition coefficient (Wildman–Crippen LogP) is 3.20. The third-order valence-electron chi connectivity index (χ3n) is 5.97. The average molecular weight is 495 g/mol. The standard InChI is InChI=1S/C27H34N4O5/c1-18(2)14-15-30(23(32)13-11-19-10-12-21(35-3)22(16-19)36-4)24-25(28)31(27(34)29-26(24)33)17-20-8-6-5-7-9-20/h5-10,12,16,18H,11,13-15,17,28H2,1-4H3,(H,29,33,34). The number of benzene rings is 2. The van der Waals surface area contributed by atoms with Crippen LogP contribution in [0.15, 0.2) is 58.1 Å². The molecule has 1 amide bonds. The highest BCUT2D eigenvalue weighted by Gasteiger charge is 2.24. The van der Waals surface area contributed by atoms with Gasteiger partial charge in [-0.3, -0.25) is 19.1 Å². The van der Waals surface area contributed by atoms with Gasteiger partial charge >= 0.3 is 5.69 Å². The number of nitrogens with one attached hydrogen (secondary N) is 1. The van der Waals surface area contributed by atoms with Crippen molar-refractivity contribution in [3.8, 4) is 11.5 Å². The quantitative estimate of drug-likeness (QED) is 0.422. The van der Waals surface area contributed by atoms with Gasteiger partial charge < -0.3 is 20.1 Å². The minimum absolute atomic E-state index is 0.00323. The van der Waals surface area contributed by atoms with E-state index in [2.05, 4.69) is 4.98 Å². The van der Waals surface area contributed by atoms with E-state index in [-0.39, 0.29) is 30.4 Å². The summed E-state index contributed by atoms with van der Waals surface area (Å²) in [5.41, 5.74) is 6.82. The van der Waals surface area contributed by atoms with E-state index in [0.717, 1.165) is 11.1 Å². The second-order valence-electron chi connectivity index (χ2n) is 8.98. The lowest BCUT2D eigenvalue weighted by molar-refractivity contribution is -0.118. The van der Waals surface area contributed by atoms with Crippen LogP contribution in [0.3, 0.4) is 0 Å². The lowest BCUT2D eigenvalue weighted by Gasteiger charge is -2.25. The van der Waals surface area contributed by atoms with Crippen molar-refractivity contribution in [2.75, 3.05) is 31.4 Å². The fraction of sp³-hybridized carbons (Fsp3) is 0.370. The van der Waals surface area contributed by atoms with Crippen molar-refractivity contribution in [1.29, 1.82) is 0 Å². The first kappa shape index (κ1) is 26.6. The monoisotopic (exact) mass is 494 g/mol. The van der Waals surface area contributed by atoms with Gasteiger partial charge in [0.15, 0.2) is 17.2 Å². The molecule has 0 aliphatic heterocycles. The van der Waals surface area contributed by atoms with E-state index in [1.165, 1.54) is 9.47 Å². The molecule has 0 fully saturated rings. The summed E-state index contributed by atoms with van der Waals surface area (Å²) in [4.78, 5) is 42.7. The molecule has 1 heterocycles. The van der Waals surface area contributed by atoms with Crippen LogP contribution in [0.5, 0.6) is 11.5 Å². The second kappa shape index (κ2) is 12.1. The number of ether oxygens (including phenoxy) is 2. The van der Waals surface area contributed by atoms with Gasteiger partial charge in [0, 0.05) is 13.0 Å². The van der Waals surface area contributed by atoms with Crippen LogP contribution >= 0.6 is 0 Å². The number of H-pyrrole nitrogens is 1. The van der Waals surface area contributed by atoms with Gasteiger partial charge in [0.1, 0.15) is 5.82 Å². The van der Waals surface area contributed by atoms with E-state index in [9.17, 15) is 14.4 Å². The zero-order chi connectivity index (χ0) is 26.2. The SMILES string of the molecule is COc1ccc(CCC(=O)N(CCC(C)C)c2c(N)n(Cc3ccccc3)c(=O)[nH]c2=O)cc1OC. The number of nitrogens with two attached hydrogens (primary N) is 1. The fourth-order valence-electron chi connectivity index (χ4n) is 3.93. The normalized spacial score (nSPS) is 10.9. The van der Waals surface area contributed by atoms with Crippen LogP contribution in [0.25, 0.3) is 0 Å². The Morgan fingerprint density at radius 1 is 1.03 bits per heavy atom. The van der Waals surface area contributed by atoms with Crippen molar-refractivity contribution in [1.82, 2.24) is 9.55 Å². The molecule has 0 saturated carbocycles. The van der Waals surface area contributed by atoms with Gasteiger partial charge in [-0.1, -0.05) is 50.2 Å². The molecule has 3 N–H and O–H groups in total. The molecule has 0 bridgehead atoms. The highest BCUT2D eigenvalue weighted by molar-refractivity contribution is 5.95. The number of hydrogen-bond acceptors (Lipinski definition) is 6. The van der Waals surface area contributed by atoms with E-state index in [1.807, 2.05) is 56.3 Å². The average Bonchev–Trinajstić information content (AvgIpc) is 2.87. The largest absolute Gasteiger partial charge is 0.493 e. The Kier molecular flexibility index (Phi) is 8.94. The van der Waals surface area contributed by atoms with Crippen LogP contribution in [-0.4, -0.2) is 36.2 Å². The minimum Gasteiger partial charge on any atom is -0.493 e. The number of aromatic nitrogens is 2. The van der Waals surface area contributed by atoms with Gasteiger partial charge in [-0.25, -0.2) is 4.79 Å². The van der Waals surface area contributed by atoms with E-state index in [4.69, 9.17) is 15.2 Å². The molecule has 0 atom stereocenters. The van der Waals surface area contributed by atoms with E-state index >= 15 is 0 Å². The van der Waals surface area contributed by atoms with Crippen LogP contribution in [0.4, 0.5) is 11.5 Å². The first-order valence-corrected chi connectivity index (χ1v) is 11.9. The molecular formula is C27H34N4O5. The molecule has 0 spiro atoms. The topological polar surface area (TPSA) is 120 Å². The summed E-state index contributed by atoms with van der Waals surface area (Å²) in [7, 11) is 3.12. The summed E-state index contributed by atoms with van der Waals surface area (Å²) < 4.78 is 11.9. The van der Waals surface area contributed by atoms with Gasteiger partial charge in [-0.2, -0.15) is 0 Å². The molecule has 1 aromatic heterocycles. The molecule has 0 saturated heterocycles. The molecule has 2 aromatic carbocycles. The lowest BCUT2D eigenvalue weighted by Crippen LogP contribution is -2.42. The van der Waals surface area contributed by atoms with Crippen molar-refractivity contribution < 1.29 is 14.3 Å². The summed E-state index contributed by atoms with van der Waals surface area (Å²) in [6, 6.07) is 14.8. The highest BCUT2D eigenvalue weighted by Crippen LogP contribution is 2.28. The number of nitrogen functional groups attached to an aromatic ring is 1. The Labute approximate surface area is 210 Å². The number of anilines is 2. The molecule has 0 unspecified atom stereocenters. The predicted molar refractivity (Wildman–Crippen MR) is 141 cm³/mol. The number of rotatable bonds is 11. The fourth-order valence-corrected chi connectivity index (χ4v) is 3.93. The van der Waals surface area contributed by atoms with Crippen molar-refractivity contribution >= 4 is 17.4 Å². The van der Waals surface area contributed by atoms with Crippen LogP contribution in [0, 0.1) is 5.92 Å². The summed E-state index contributed by atoms with van der Waals surface area (Å²) in [5.74, 6) is 1.18. The van der Waals surface area contributed by atoms with Crippen molar-refractivity contribution in [2.45, 2.75) is 39.7 Å². The van der Waals surface area contributed by atoms with Crippen LogP contribution in [0.2, 0.25) is 0 Å². The Bertz CT molecular complexity index is 1300. The summed E-state index contributed by atoms with van der Waals surface area (Å²) in [6.45, 7) is 4.55. The minimum atomic E-state index is -0.676. The van der Waals surface area contributed by atoms with Gasteiger partial charge in [0.2, 0.25) is 5.91 Å². The van der Waals surface area contributed by atoms with Crippen LogP contribution in [0.1, 0.15) is 37.8 Å². The highest BCUT2D eigenvalue weighted by atomic mass is 16.5. The first-order valence-electron chi connectivity index (χ1n) is 11.9. The summed E-state index contributed by atoms with van der Waals surface area (Å²) in [5, 5.41) is 0. The van der Waals surface area contributed by atoms with E-state index in [1.54, 1.807) is 20.3 Å². The molecule has 9 heteroatoms. The van der Waals surface area contributed by atoms with Gasteiger partial charge in [-0.15, -0.1) is 0 Å².